The van der Waals surface area contributed by atoms with E-state index in [9.17, 15) is 4.79 Å². The molecule has 0 fully saturated rings. The summed E-state index contributed by atoms with van der Waals surface area (Å²) in [5, 5.41) is 2.97. The second kappa shape index (κ2) is 7.88. The smallest absolute Gasteiger partial charge is 0.252 e. The van der Waals surface area contributed by atoms with Crippen molar-refractivity contribution in [3.63, 3.8) is 0 Å². The monoisotopic (exact) mass is 276 g/mol. The van der Waals surface area contributed by atoms with Crippen LogP contribution < -0.4 is 11.1 Å². The SMILES string of the molecule is CSCC(C)NC(=O)c1ccc(C)cc1C#CCN. The Morgan fingerprint density at radius 3 is 2.89 bits per heavy atom. The lowest BCUT2D eigenvalue weighted by molar-refractivity contribution is 0.0943. The number of nitrogens with one attached hydrogen (secondary N) is 1. The highest BCUT2D eigenvalue weighted by Gasteiger charge is 2.12. The van der Waals surface area contributed by atoms with Gasteiger partial charge >= 0.3 is 0 Å². The zero-order chi connectivity index (χ0) is 14.3. The molecule has 102 valence electrons. The summed E-state index contributed by atoms with van der Waals surface area (Å²) in [6, 6.07) is 5.79. The number of nitrogens with two attached hydrogens (primary N) is 1. The molecule has 0 aliphatic rings. The van der Waals surface area contributed by atoms with Crippen LogP contribution in [-0.4, -0.2) is 30.5 Å². The third-order valence-electron chi connectivity index (χ3n) is 2.54. The molecule has 3 N–H and O–H groups in total. The van der Waals surface area contributed by atoms with Gasteiger partial charge in [0.2, 0.25) is 0 Å². The van der Waals surface area contributed by atoms with Crippen molar-refractivity contribution in [3.05, 3.63) is 34.9 Å². The number of amides is 1. The summed E-state index contributed by atoms with van der Waals surface area (Å²) >= 11 is 1.71. The lowest BCUT2D eigenvalue weighted by atomic mass is 10.0. The Bertz CT molecular complexity index is 503. The molecule has 4 heteroatoms. The van der Waals surface area contributed by atoms with Gasteiger partial charge in [-0.25, -0.2) is 0 Å². The minimum absolute atomic E-state index is 0.0807. The molecule has 3 nitrogen and oxygen atoms in total. The number of carbonyl (C=O) groups excluding carboxylic acids is 1. The molecule has 0 heterocycles. The maximum atomic E-state index is 12.2. The zero-order valence-corrected chi connectivity index (χ0v) is 12.4. The summed E-state index contributed by atoms with van der Waals surface area (Å²) in [7, 11) is 0. The third kappa shape index (κ3) is 4.98. The number of thioether (sulfide) groups is 1. The Morgan fingerprint density at radius 2 is 2.26 bits per heavy atom. The van der Waals surface area contributed by atoms with Gasteiger partial charge in [0.25, 0.3) is 5.91 Å². The molecule has 1 unspecified atom stereocenters. The van der Waals surface area contributed by atoms with Crippen molar-refractivity contribution < 1.29 is 4.79 Å². The predicted molar refractivity (Wildman–Crippen MR) is 82.4 cm³/mol. The second-order valence-corrected chi connectivity index (χ2v) is 5.30. The van der Waals surface area contributed by atoms with Gasteiger partial charge in [-0.1, -0.05) is 17.9 Å². The Hall–Kier alpha value is -1.44. The summed E-state index contributed by atoms with van der Waals surface area (Å²) in [5.41, 5.74) is 7.81. The first-order valence-electron chi connectivity index (χ1n) is 6.18. The fourth-order valence-corrected chi connectivity index (χ4v) is 2.28. The summed E-state index contributed by atoms with van der Waals surface area (Å²) in [6.45, 7) is 4.26. The van der Waals surface area contributed by atoms with E-state index in [0.29, 0.717) is 5.56 Å². The maximum Gasteiger partial charge on any atom is 0.252 e. The average molecular weight is 276 g/mol. The van der Waals surface area contributed by atoms with Crippen LogP contribution >= 0.6 is 11.8 Å². The molecule has 0 aliphatic heterocycles. The minimum atomic E-state index is -0.0807. The molecule has 1 aromatic carbocycles. The van der Waals surface area contributed by atoms with Gasteiger partial charge in [0.15, 0.2) is 0 Å². The van der Waals surface area contributed by atoms with Crippen molar-refractivity contribution in [2.75, 3.05) is 18.6 Å². The van der Waals surface area contributed by atoms with Crippen molar-refractivity contribution in [1.82, 2.24) is 5.32 Å². The van der Waals surface area contributed by atoms with Crippen molar-refractivity contribution in [1.29, 1.82) is 0 Å². The van der Waals surface area contributed by atoms with Gasteiger partial charge in [0.1, 0.15) is 0 Å². The Morgan fingerprint density at radius 1 is 1.53 bits per heavy atom. The predicted octanol–water partition coefficient (Wildman–Crippen LogP) is 1.79. The van der Waals surface area contributed by atoms with Gasteiger partial charge < -0.3 is 11.1 Å². The van der Waals surface area contributed by atoms with Gasteiger partial charge in [-0.3, -0.25) is 4.79 Å². The van der Waals surface area contributed by atoms with E-state index in [1.807, 2.05) is 38.3 Å². The van der Waals surface area contributed by atoms with E-state index in [1.165, 1.54) is 0 Å². The topological polar surface area (TPSA) is 55.1 Å². The molecule has 1 rings (SSSR count). The molecule has 19 heavy (non-hydrogen) atoms. The molecule has 0 radical (unpaired) electrons. The highest BCUT2D eigenvalue weighted by atomic mass is 32.2. The lowest BCUT2D eigenvalue weighted by Gasteiger charge is -2.13. The number of aryl methyl sites for hydroxylation is 1. The van der Waals surface area contributed by atoms with E-state index in [1.54, 1.807) is 11.8 Å². The minimum Gasteiger partial charge on any atom is -0.349 e. The number of benzene rings is 1. The van der Waals surface area contributed by atoms with Crippen LogP contribution in [0.15, 0.2) is 18.2 Å². The van der Waals surface area contributed by atoms with Crippen LogP contribution in [0.2, 0.25) is 0 Å². The number of hydrogen-bond acceptors (Lipinski definition) is 3. The molecule has 0 aromatic heterocycles. The normalized spacial score (nSPS) is 11.4. The van der Waals surface area contributed by atoms with Crippen molar-refractivity contribution in [3.8, 4) is 11.8 Å². The van der Waals surface area contributed by atoms with Gasteiger partial charge in [-0.2, -0.15) is 11.8 Å². The molecular formula is C15H20N2OS. The highest BCUT2D eigenvalue weighted by molar-refractivity contribution is 7.98. The Labute approximate surface area is 119 Å². The summed E-state index contributed by atoms with van der Waals surface area (Å²) in [6.07, 6.45) is 2.02. The van der Waals surface area contributed by atoms with Gasteiger partial charge in [0.05, 0.1) is 12.1 Å². The first kappa shape index (κ1) is 15.6. The number of hydrogen-bond donors (Lipinski definition) is 2. The van der Waals surface area contributed by atoms with E-state index in [2.05, 4.69) is 17.2 Å². The van der Waals surface area contributed by atoms with Crippen LogP contribution in [0.3, 0.4) is 0 Å². The van der Waals surface area contributed by atoms with Crippen molar-refractivity contribution >= 4 is 17.7 Å². The summed E-state index contributed by atoms with van der Waals surface area (Å²) in [5.74, 6) is 6.57. The van der Waals surface area contributed by atoms with E-state index in [0.717, 1.165) is 16.9 Å². The van der Waals surface area contributed by atoms with Gasteiger partial charge in [-0.15, -0.1) is 0 Å². The molecule has 0 saturated carbocycles. The molecule has 0 bridgehead atoms. The van der Waals surface area contributed by atoms with E-state index < -0.39 is 0 Å². The average Bonchev–Trinajstić information content (AvgIpc) is 2.36. The number of carbonyl (C=O) groups is 1. The maximum absolute atomic E-state index is 12.2. The van der Waals surface area contributed by atoms with Crippen LogP contribution in [0.5, 0.6) is 0 Å². The summed E-state index contributed by atoms with van der Waals surface area (Å²) in [4.78, 5) is 12.2. The molecule has 0 saturated heterocycles. The van der Waals surface area contributed by atoms with Crippen LogP contribution in [0.4, 0.5) is 0 Å². The van der Waals surface area contributed by atoms with Gasteiger partial charge in [0, 0.05) is 17.4 Å². The molecular weight excluding hydrogens is 256 g/mol. The van der Waals surface area contributed by atoms with Crippen LogP contribution in [0, 0.1) is 18.8 Å². The largest absolute Gasteiger partial charge is 0.349 e. The van der Waals surface area contributed by atoms with E-state index in [-0.39, 0.29) is 18.5 Å². The summed E-state index contributed by atoms with van der Waals surface area (Å²) < 4.78 is 0. The molecule has 1 aromatic rings. The molecule has 1 amide bonds. The lowest BCUT2D eigenvalue weighted by Crippen LogP contribution is -2.34. The van der Waals surface area contributed by atoms with Gasteiger partial charge in [-0.05, 0) is 37.8 Å². The third-order valence-corrected chi connectivity index (χ3v) is 3.37. The first-order chi connectivity index (χ1) is 9.08. The van der Waals surface area contributed by atoms with Crippen molar-refractivity contribution in [2.45, 2.75) is 19.9 Å². The van der Waals surface area contributed by atoms with E-state index >= 15 is 0 Å². The van der Waals surface area contributed by atoms with Crippen LogP contribution in [0.1, 0.15) is 28.4 Å². The first-order valence-corrected chi connectivity index (χ1v) is 7.57. The molecule has 0 spiro atoms. The standard InChI is InChI=1S/C15H20N2OS/c1-11-6-7-14(13(9-11)5-4-8-16)15(18)17-12(2)10-19-3/h6-7,9,12H,8,10,16H2,1-3H3,(H,17,18). The highest BCUT2D eigenvalue weighted by Crippen LogP contribution is 2.11. The van der Waals surface area contributed by atoms with Crippen molar-refractivity contribution in [2.24, 2.45) is 5.73 Å². The molecule has 0 aliphatic carbocycles. The zero-order valence-electron chi connectivity index (χ0n) is 11.6. The molecule has 1 atom stereocenters. The van der Waals surface area contributed by atoms with Crippen LogP contribution in [-0.2, 0) is 0 Å². The number of rotatable bonds is 4. The quantitative estimate of drug-likeness (QED) is 0.824. The Balaban J connectivity index is 2.95. The fourth-order valence-electron chi connectivity index (χ4n) is 1.70. The Kier molecular flexibility index (Phi) is 6.48. The van der Waals surface area contributed by atoms with E-state index in [4.69, 9.17) is 5.73 Å². The fraction of sp³-hybridized carbons (Fsp3) is 0.400. The second-order valence-electron chi connectivity index (χ2n) is 4.38. The van der Waals surface area contributed by atoms with Crippen LogP contribution in [0.25, 0.3) is 0 Å².